The third-order valence-corrected chi connectivity index (χ3v) is 3.43. The van der Waals surface area contributed by atoms with E-state index in [-0.39, 0.29) is 18.6 Å². The maximum atomic E-state index is 11.5. The van der Waals surface area contributed by atoms with Crippen molar-refractivity contribution in [2.45, 2.75) is 38.7 Å². The van der Waals surface area contributed by atoms with Crippen molar-refractivity contribution in [1.29, 1.82) is 0 Å². The van der Waals surface area contributed by atoms with Crippen LogP contribution in [0.25, 0.3) is 0 Å². The lowest BCUT2D eigenvalue weighted by Gasteiger charge is -2.08. The van der Waals surface area contributed by atoms with Crippen molar-refractivity contribution in [1.82, 2.24) is 5.32 Å². The van der Waals surface area contributed by atoms with Crippen molar-refractivity contribution in [3.05, 3.63) is 29.8 Å². The highest BCUT2D eigenvalue weighted by atomic mass is 16.5. The number of rotatable bonds is 8. The Labute approximate surface area is 120 Å². The maximum absolute atomic E-state index is 11.5. The number of benzene rings is 1. The van der Waals surface area contributed by atoms with Gasteiger partial charge in [-0.15, -0.1) is 0 Å². The fraction of sp³-hybridized carbons (Fsp3) is 0.562. The molecule has 4 heteroatoms. The molecule has 1 aromatic rings. The number of hydrogen-bond acceptors (Lipinski definition) is 3. The van der Waals surface area contributed by atoms with Crippen molar-refractivity contribution < 1.29 is 14.6 Å². The van der Waals surface area contributed by atoms with E-state index < -0.39 is 0 Å². The summed E-state index contributed by atoms with van der Waals surface area (Å²) < 4.78 is 5.44. The highest BCUT2D eigenvalue weighted by Gasteiger charge is 2.21. The van der Waals surface area contributed by atoms with Gasteiger partial charge in [0.15, 0.2) is 6.61 Å². The predicted octanol–water partition coefficient (Wildman–Crippen LogP) is 1.91. The first-order chi connectivity index (χ1) is 9.63. The lowest BCUT2D eigenvalue weighted by molar-refractivity contribution is -0.123. The Morgan fingerprint density at radius 1 is 1.40 bits per heavy atom. The number of aryl methyl sites for hydroxylation is 1. The molecular formula is C16H23NO3. The van der Waals surface area contributed by atoms with E-state index >= 15 is 0 Å². The average Bonchev–Trinajstić information content (AvgIpc) is 3.26. The summed E-state index contributed by atoms with van der Waals surface area (Å²) in [6.07, 6.45) is 3.79. The van der Waals surface area contributed by atoms with Crippen LogP contribution >= 0.6 is 0 Å². The number of aliphatic hydroxyl groups is 1. The number of ether oxygens (including phenoxy) is 1. The zero-order valence-electron chi connectivity index (χ0n) is 12.0. The molecule has 1 amide bonds. The molecule has 0 aliphatic heterocycles. The largest absolute Gasteiger partial charge is 0.484 e. The van der Waals surface area contributed by atoms with E-state index in [0.717, 1.165) is 24.9 Å². The Morgan fingerprint density at radius 2 is 2.10 bits per heavy atom. The highest BCUT2D eigenvalue weighted by molar-refractivity contribution is 5.77. The van der Waals surface area contributed by atoms with Crippen molar-refractivity contribution in [3.63, 3.8) is 0 Å². The van der Waals surface area contributed by atoms with Crippen LogP contribution in [0.3, 0.4) is 0 Å². The Hall–Kier alpha value is -1.55. The number of hydrogen-bond donors (Lipinski definition) is 2. The summed E-state index contributed by atoms with van der Waals surface area (Å²) in [5.74, 6) is 1.33. The molecule has 0 bridgehead atoms. The molecule has 1 aromatic carbocycles. The second-order valence-corrected chi connectivity index (χ2v) is 5.57. The normalized spacial score (nSPS) is 15.7. The minimum absolute atomic E-state index is 0.0601. The first-order valence-electron chi connectivity index (χ1n) is 7.30. The summed E-state index contributed by atoms with van der Waals surface area (Å²) in [5.41, 5.74) is 1.16. The number of carbonyl (C=O) groups is 1. The maximum Gasteiger partial charge on any atom is 0.257 e. The summed E-state index contributed by atoms with van der Waals surface area (Å²) in [5, 5.41) is 12.1. The van der Waals surface area contributed by atoms with Gasteiger partial charge in [0.1, 0.15) is 5.75 Å². The topological polar surface area (TPSA) is 58.6 Å². The third kappa shape index (κ3) is 5.61. The first-order valence-corrected chi connectivity index (χ1v) is 7.30. The molecule has 2 rings (SSSR count). The van der Waals surface area contributed by atoms with E-state index in [1.165, 1.54) is 12.8 Å². The molecule has 1 aliphatic carbocycles. The van der Waals surface area contributed by atoms with Crippen LogP contribution in [-0.4, -0.2) is 30.3 Å². The van der Waals surface area contributed by atoms with Gasteiger partial charge in [-0.1, -0.05) is 12.1 Å². The second-order valence-electron chi connectivity index (χ2n) is 5.57. The summed E-state index contributed by atoms with van der Waals surface area (Å²) in [6, 6.07) is 7.68. The molecular weight excluding hydrogens is 254 g/mol. The highest BCUT2D eigenvalue weighted by Crippen LogP contribution is 2.27. The van der Waals surface area contributed by atoms with E-state index in [2.05, 4.69) is 5.32 Å². The van der Waals surface area contributed by atoms with Gasteiger partial charge in [-0.3, -0.25) is 4.79 Å². The van der Waals surface area contributed by atoms with Gasteiger partial charge in [-0.2, -0.15) is 0 Å². The minimum atomic E-state index is -0.277. The van der Waals surface area contributed by atoms with Crippen molar-refractivity contribution in [3.8, 4) is 5.75 Å². The lowest BCUT2D eigenvalue weighted by atomic mass is 10.1. The number of aliphatic hydroxyl groups excluding tert-OH is 1. The molecule has 0 spiro atoms. The SMILES string of the molecule is CC(O)CCc1ccc(OCC(=O)NCC2CC2)cc1. The molecule has 1 atom stereocenters. The van der Waals surface area contributed by atoms with Gasteiger partial charge < -0.3 is 15.2 Å². The quantitative estimate of drug-likeness (QED) is 0.763. The molecule has 110 valence electrons. The second kappa shape index (κ2) is 7.29. The van der Waals surface area contributed by atoms with Crippen LogP contribution in [0.15, 0.2) is 24.3 Å². The predicted molar refractivity (Wildman–Crippen MR) is 77.7 cm³/mol. The zero-order valence-corrected chi connectivity index (χ0v) is 12.0. The van der Waals surface area contributed by atoms with Crippen LogP contribution in [0.5, 0.6) is 5.75 Å². The number of carbonyl (C=O) groups excluding carboxylic acids is 1. The van der Waals surface area contributed by atoms with Crippen LogP contribution in [0.1, 0.15) is 31.7 Å². The minimum Gasteiger partial charge on any atom is -0.484 e. The molecule has 1 saturated carbocycles. The summed E-state index contributed by atoms with van der Waals surface area (Å²) in [7, 11) is 0. The van der Waals surface area contributed by atoms with E-state index in [1.807, 2.05) is 24.3 Å². The molecule has 2 N–H and O–H groups in total. The summed E-state index contributed by atoms with van der Waals surface area (Å²) in [6.45, 7) is 2.64. The Balaban J connectivity index is 1.68. The zero-order chi connectivity index (χ0) is 14.4. The van der Waals surface area contributed by atoms with E-state index in [1.54, 1.807) is 6.92 Å². The monoisotopic (exact) mass is 277 g/mol. The third-order valence-electron chi connectivity index (χ3n) is 3.43. The summed E-state index contributed by atoms with van der Waals surface area (Å²) >= 11 is 0. The van der Waals surface area contributed by atoms with Crippen LogP contribution in [0, 0.1) is 5.92 Å². The van der Waals surface area contributed by atoms with Gasteiger partial charge >= 0.3 is 0 Å². The first kappa shape index (κ1) is 14.9. The standard InChI is InChI=1S/C16H23NO3/c1-12(18)2-3-13-6-8-15(9-7-13)20-11-16(19)17-10-14-4-5-14/h6-9,12,14,18H,2-5,10-11H2,1H3,(H,17,19). The van der Waals surface area contributed by atoms with Gasteiger partial charge in [0, 0.05) is 6.54 Å². The molecule has 0 radical (unpaired) electrons. The molecule has 0 aromatic heterocycles. The molecule has 1 unspecified atom stereocenters. The van der Waals surface area contributed by atoms with Crippen LogP contribution in [-0.2, 0) is 11.2 Å². The van der Waals surface area contributed by atoms with Crippen molar-refractivity contribution in [2.24, 2.45) is 5.92 Å². The average molecular weight is 277 g/mol. The van der Waals surface area contributed by atoms with Crippen molar-refractivity contribution >= 4 is 5.91 Å². The smallest absolute Gasteiger partial charge is 0.257 e. The Bertz CT molecular complexity index is 424. The summed E-state index contributed by atoms with van der Waals surface area (Å²) in [4.78, 5) is 11.5. The van der Waals surface area contributed by atoms with E-state index in [4.69, 9.17) is 4.74 Å². The van der Waals surface area contributed by atoms with Gasteiger partial charge in [-0.05, 0) is 56.2 Å². The molecule has 0 saturated heterocycles. The van der Waals surface area contributed by atoms with Crippen LogP contribution in [0.2, 0.25) is 0 Å². The Morgan fingerprint density at radius 3 is 2.70 bits per heavy atom. The van der Waals surface area contributed by atoms with Gasteiger partial charge in [-0.25, -0.2) is 0 Å². The lowest BCUT2D eigenvalue weighted by Crippen LogP contribution is -2.30. The van der Waals surface area contributed by atoms with Gasteiger partial charge in [0.25, 0.3) is 5.91 Å². The fourth-order valence-electron chi connectivity index (χ4n) is 1.91. The van der Waals surface area contributed by atoms with Gasteiger partial charge in [0.05, 0.1) is 6.10 Å². The van der Waals surface area contributed by atoms with E-state index in [0.29, 0.717) is 11.7 Å². The van der Waals surface area contributed by atoms with Gasteiger partial charge in [0.2, 0.25) is 0 Å². The number of nitrogens with one attached hydrogen (secondary N) is 1. The van der Waals surface area contributed by atoms with Crippen LogP contribution < -0.4 is 10.1 Å². The Kier molecular flexibility index (Phi) is 5.41. The van der Waals surface area contributed by atoms with Crippen molar-refractivity contribution in [2.75, 3.05) is 13.2 Å². The molecule has 1 aliphatic rings. The fourth-order valence-corrected chi connectivity index (χ4v) is 1.91. The van der Waals surface area contributed by atoms with E-state index in [9.17, 15) is 9.90 Å². The molecule has 4 nitrogen and oxygen atoms in total. The molecule has 20 heavy (non-hydrogen) atoms. The molecule has 0 heterocycles. The van der Waals surface area contributed by atoms with Crippen LogP contribution in [0.4, 0.5) is 0 Å². The molecule has 1 fully saturated rings. The number of amides is 1.